The summed E-state index contributed by atoms with van der Waals surface area (Å²) in [6, 6.07) is 27.0. The molecule has 0 saturated carbocycles. The van der Waals surface area contributed by atoms with E-state index in [9.17, 15) is 35.9 Å². The minimum Gasteiger partial charge on any atom is -0.497 e. The molecule has 2 atom stereocenters. The number of piperidine rings is 2. The second-order valence-electron chi connectivity index (χ2n) is 19.6. The van der Waals surface area contributed by atoms with Gasteiger partial charge >= 0.3 is 12.4 Å². The Kier molecular flexibility index (Phi) is 18.4. The highest BCUT2D eigenvalue weighted by Crippen LogP contribution is 2.39. The van der Waals surface area contributed by atoms with Gasteiger partial charge in [0.15, 0.2) is 22.9 Å². The second-order valence-corrected chi connectivity index (χ2v) is 19.6. The molecule has 3 aromatic carbocycles. The Labute approximate surface area is 481 Å². The zero-order valence-corrected chi connectivity index (χ0v) is 45.6. The van der Waals surface area contributed by atoms with E-state index >= 15 is 0 Å². The van der Waals surface area contributed by atoms with Crippen LogP contribution in [0.25, 0.3) is 22.1 Å². The predicted octanol–water partition coefficient (Wildman–Crippen LogP) is 10.3. The molecular weight excluding hydrogens is 1120 g/mol. The molecule has 2 amide bonds. The molecule has 0 unspecified atom stereocenters. The predicted molar refractivity (Wildman–Crippen MR) is 303 cm³/mol. The van der Waals surface area contributed by atoms with Crippen LogP contribution < -0.4 is 46.1 Å². The van der Waals surface area contributed by atoms with E-state index in [1.54, 1.807) is 55.9 Å². The summed E-state index contributed by atoms with van der Waals surface area (Å²) in [6.45, 7) is 4.50. The van der Waals surface area contributed by atoms with E-state index in [0.717, 1.165) is 110 Å². The number of fused-ring (bicyclic) bond motifs is 2. The van der Waals surface area contributed by atoms with Gasteiger partial charge < -0.3 is 51.2 Å². The molecule has 0 radical (unpaired) electrons. The number of rotatable bonds is 13. The summed E-state index contributed by atoms with van der Waals surface area (Å²) in [7, 11) is 1.62. The summed E-state index contributed by atoms with van der Waals surface area (Å²) in [4.78, 5) is 55.1. The Morgan fingerprint density at radius 3 is 1.58 bits per heavy atom. The Bertz CT molecular complexity index is 3790. The van der Waals surface area contributed by atoms with Crippen molar-refractivity contribution in [2.24, 2.45) is 11.5 Å². The van der Waals surface area contributed by atoms with Gasteiger partial charge in [-0.1, -0.05) is 12.1 Å². The lowest BCUT2D eigenvalue weighted by Gasteiger charge is -2.31. The molecule has 8 N–H and O–H groups in total. The van der Waals surface area contributed by atoms with E-state index in [1.165, 1.54) is 24.3 Å². The van der Waals surface area contributed by atoms with Gasteiger partial charge in [0.1, 0.15) is 51.2 Å². The highest BCUT2D eigenvalue weighted by molar-refractivity contribution is 6.04. The average Bonchev–Trinajstić information content (AvgIpc) is 2.21. The molecule has 2 fully saturated rings. The first-order chi connectivity index (χ1) is 40.7. The number of aromatic amines is 1. The van der Waals surface area contributed by atoms with Crippen molar-refractivity contribution in [2.75, 3.05) is 53.7 Å². The van der Waals surface area contributed by atoms with Crippen LogP contribution in [0.15, 0.2) is 134 Å². The molecule has 2 aliphatic rings. The van der Waals surface area contributed by atoms with Crippen LogP contribution in [0.1, 0.15) is 70.0 Å². The van der Waals surface area contributed by atoms with Crippen molar-refractivity contribution in [2.45, 2.75) is 63.6 Å². The molecule has 0 bridgehead atoms. The van der Waals surface area contributed by atoms with Crippen LogP contribution in [0.2, 0.25) is 0 Å². The molecule has 85 heavy (non-hydrogen) atoms. The third-order valence-electron chi connectivity index (χ3n) is 13.3. The topological polar surface area (TPSA) is 280 Å². The van der Waals surface area contributed by atoms with Crippen LogP contribution in [0, 0.1) is 0 Å². The van der Waals surface area contributed by atoms with E-state index in [4.69, 9.17) is 40.7 Å². The van der Waals surface area contributed by atoms with Crippen molar-refractivity contribution in [1.82, 2.24) is 39.9 Å². The first-order valence-electron chi connectivity index (χ1n) is 26.5. The van der Waals surface area contributed by atoms with Gasteiger partial charge in [0.25, 0.3) is 17.8 Å². The number of alkyl halides is 6. The lowest BCUT2D eigenvalue weighted by atomic mass is 10.1. The normalized spacial score (nSPS) is 15.2. The van der Waals surface area contributed by atoms with E-state index in [1.807, 2.05) is 28.9 Å². The van der Waals surface area contributed by atoms with Crippen LogP contribution >= 0.6 is 0 Å². The van der Waals surface area contributed by atoms with Gasteiger partial charge in [-0.05, 0) is 116 Å². The summed E-state index contributed by atoms with van der Waals surface area (Å²) in [5, 5.41) is 26.0. The van der Waals surface area contributed by atoms with E-state index in [0.29, 0.717) is 59.7 Å². The molecule has 2 saturated heterocycles. The minimum absolute atomic E-state index is 0.0198. The first-order valence-corrected chi connectivity index (χ1v) is 26.5. The fourth-order valence-corrected chi connectivity index (χ4v) is 9.33. The third-order valence-corrected chi connectivity index (χ3v) is 13.3. The zero-order chi connectivity index (χ0) is 60.4. The lowest BCUT2D eigenvalue weighted by Crippen LogP contribution is -2.43. The Hall–Kier alpha value is -9.89. The van der Waals surface area contributed by atoms with Gasteiger partial charge in [-0.2, -0.15) is 36.5 Å². The largest absolute Gasteiger partial charge is 0.497 e. The number of halogens is 6. The number of methoxy groups -OCH3 is 1. The third kappa shape index (κ3) is 15.2. The molecule has 2 aliphatic heterocycles. The van der Waals surface area contributed by atoms with Gasteiger partial charge in [-0.15, -0.1) is 0 Å². The lowest BCUT2D eigenvalue weighted by molar-refractivity contribution is -0.138. The molecule has 442 valence electrons. The quantitative estimate of drug-likeness (QED) is 0.0585. The molecule has 21 nitrogen and oxygen atoms in total. The monoisotopic (exact) mass is 1170 g/mol. The molecule has 8 heterocycles. The van der Waals surface area contributed by atoms with Crippen LogP contribution in [0.5, 0.6) is 28.7 Å². The number of carbonyl (C=O) groups is 3. The number of H-pyrrole nitrogens is 1. The summed E-state index contributed by atoms with van der Waals surface area (Å²) in [5.74, 6) is 1.73. The second kappa shape index (κ2) is 26.1. The first kappa shape index (κ1) is 59.7. The number of carboxylic acid groups (broad SMARTS) is 1. The van der Waals surface area contributed by atoms with Crippen LogP contribution in [0.4, 0.5) is 49.6 Å². The van der Waals surface area contributed by atoms with Crippen molar-refractivity contribution < 1.29 is 60.0 Å². The fourth-order valence-electron chi connectivity index (χ4n) is 9.33. The smallest absolute Gasteiger partial charge is 0.416 e. The van der Waals surface area contributed by atoms with Crippen LogP contribution in [-0.4, -0.2) is 108 Å². The van der Waals surface area contributed by atoms with E-state index < -0.39 is 41.3 Å². The number of ether oxygens (including phenoxy) is 3. The number of nitrogens with two attached hydrogens (primary N) is 2. The number of benzene rings is 3. The van der Waals surface area contributed by atoms with Gasteiger partial charge in [0, 0.05) is 93.2 Å². The van der Waals surface area contributed by atoms with Gasteiger partial charge in [-0.3, -0.25) is 19.5 Å². The Morgan fingerprint density at radius 2 is 1.09 bits per heavy atom. The molecule has 11 rings (SSSR count). The van der Waals surface area contributed by atoms with Gasteiger partial charge in [-0.25, -0.2) is 24.6 Å². The number of aromatic nitrogens is 8. The number of nitrogens with one attached hydrogen (secondary N) is 3. The number of carbonyl (C=O) groups excluding carboxylic acids is 2. The van der Waals surface area contributed by atoms with Crippen molar-refractivity contribution in [3.05, 3.63) is 162 Å². The molecule has 6 aromatic heterocycles. The SMILES string of the molecule is CC(=O)O.COc1ccc(Cn2nc(N3CCC[C@@H](N)C3)c3c(Oc4ccc(C(=O)Nc5cc(C(F)(F)F)ccn5)cc4)ccnc32)cc1.N[C@@H]1CCCN(c2n[nH]c3nccc(Oc4ccc(C(=O)Nc5cc(C(F)(F)F)ccn5)cc4)c23)C1. The highest BCUT2D eigenvalue weighted by Gasteiger charge is 2.33. The Balaban J connectivity index is 0.000000196. The van der Waals surface area contributed by atoms with Crippen molar-refractivity contribution in [3.8, 4) is 28.7 Å². The van der Waals surface area contributed by atoms with E-state index in [2.05, 4.69) is 50.6 Å². The maximum absolute atomic E-state index is 13.0. The standard InChI is InChI=1S/C32H30F3N7O3.C24H22F3N7O2.C2H4O2/c1-44-24-8-4-20(5-9-24)18-42-29-28(30(40-42)41-16-2-3-23(36)19-41)26(13-15-38-29)45-25-10-6-21(7-11-25)31(43)39-27-17-22(12-14-37-27)32(33,34)35;25-24(26,27)15-7-9-29-19(12-15)31-23(35)14-3-5-17(6-4-14)36-18-8-10-30-21-20(18)22(33-32-21)34-11-1-2-16(28)13-34;1-2(3)4/h4-15,17,23H,2-3,16,18-19,36H2,1H3,(H,37,39,43);3-10,12,16H,1-2,11,13,28H2,(H,29,31,35)(H,30,32,33);1H3,(H,3,4)/t23-;16-;/m11./s1. The summed E-state index contributed by atoms with van der Waals surface area (Å²) in [6.07, 6.45) is -0.0418. The van der Waals surface area contributed by atoms with Crippen LogP contribution in [0.3, 0.4) is 0 Å². The van der Waals surface area contributed by atoms with E-state index in [-0.39, 0.29) is 34.8 Å². The molecule has 27 heteroatoms. The number of pyridine rings is 4. The van der Waals surface area contributed by atoms with Crippen molar-refractivity contribution in [1.29, 1.82) is 0 Å². The van der Waals surface area contributed by atoms with Crippen molar-refractivity contribution in [3.63, 3.8) is 0 Å². The zero-order valence-electron chi connectivity index (χ0n) is 45.6. The number of hydrogen-bond donors (Lipinski definition) is 6. The maximum Gasteiger partial charge on any atom is 0.416 e. The number of amides is 2. The number of carboxylic acids is 1. The van der Waals surface area contributed by atoms with Gasteiger partial charge in [0.2, 0.25) is 0 Å². The number of anilines is 4. The molecular formula is C58H56F6N14O7. The number of nitrogens with zero attached hydrogens (tertiary/aromatic N) is 9. The number of aliphatic carboxylic acids is 1. The summed E-state index contributed by atoms with van der Waals surface area (Å²) < 4.78 is 97.4. The fraction of sp³-hybridized carbons (Fsp3) is 0.259. The van der Waals surface area contributed by atoms with Crippen molar-refractivity contribution >= 4 is 63.1 Å². The summed E-state index contributed by atoms with van der Waals surface area (Å²) >= 11 is 0. The molecule has 0 spiro atoms. The molecule has 9 aromatic rings. The molecule has 0 aliphatic carbocycles. The average molecular weight is 1180 g/mol. The maximum atomic E-state index is 13.0. The van der Waals surface area contributed by atoms with Gasteiger partial charge in [0.05, 0.1) is 24.8 Å². The highest BCUT2D eigenvalue weighted by atomic mass is 19.4. The minimum atomic E-state index is -4.55. The van der Waals surface area contributed by atoms with Crippen LogP contribution in [-0.2, 0) is 23.7 Å². The summed E-state index contributed by atoms with van der Waals surface area (Å²) in [5.41, 5.74) is 13.3. The Morgan fingerprint density at radius 1 is 0.635 bits per heavy atom. The number of hydrogen-bond acceptors (Lipinski definition) is 16.